The summed E-state index contributed by atoms with van der Waals surface area (Å²) in [4.78, 5) is 35.1. The van der Waals surface area contributed by atoms with E-state index in [1.54, 1.807) is 19.1 Å². The molecular formula is C21H30ClNO5. The molecule has 1 unspecified atom stereocenters. The van der Waals surface area contributed by atoms with E-state index in [2.05, 4.69) is 0 Å². The zero-order chi connectivity index (χ0) is 19.8. The molecule has 0 spiro atoms. The van der Waals surface area contributed by atoms with Crippen molar-refractivity contribution < 1.29 is 23.9 Å². The van der Waals surface area contributed by atoms with E-state index < -0.39 is 12.1 Å². The van der Waals surface area contributed by atoms with Crippen LogP contribution < -0.4 is 10.5 Å². The number of ether oxygens (including phenoxy) is 2. The van der Waals surface area contributed by atoms with Crippen molar-refractivity contribution in [3.05, 3.63) is 29.8 Å². The van der Waals surface area contributed by atoms with Crippen molar-refractivity contribution in [1.29, 1.82) is 0 Å². The Morgan fingerprint density at radius 3 is 2.25 bits per heavy atom. The normalized spacial score (nSPS) is 19.8. The molecule has 1 saturated carbocycles. The van der Waals surface area contributed by atoms with E-state index in [0.29, 0.717) is 24.6 Å². The van der Waals surface area contributed by atoms with Crippen LogP contribution in [-0.4, -0.2) is 30.4 Å². The second kappa shape index (κ2) is 11.8. The van der Waals surface area contributed by atoms with Crippen molar-refractivity contribution in [3.8, 4) is 5.75 Å². The number of carbonyl (C=O) groups is 3. The number of aryl methyl sites for hydroxylation is 1. The lowest BCUT2D eigenvalue weighted by molar-refractivity contribution is -0.153. The van der Waals surface area contributed by atoms with Gasteiger partial charge in [-0.1, -0.05) is 12.1 Å². The number of nitrogens with two attached hydrogens (primary N) is 1. The van der Waals surface area contributed by atoms with Gasteiger partial charge in [0.1, 0.15) is 5.75 Å². The third kappa shape index (κ3) is 7.60. The van der Waals surface area contributed by atoms with Crippen LogP contribution in [0.2, 0.25) is 0 Å². The number of esters is 2. The standard InChI is InChI=1S/C21H29NO5.ClH/c1-14(23)15(2)26-20(24)12-7-16-5-10-19(11-6-16)27-21(25)18-8-3-17(13-22)4-9-18;/h5-6,10-11,15,17-18H,3-4,7-9,12-13,22H2,1-2H3;1H. The third-order valence-corrected chi connectivity index (χ3v) is 5.15. The number of Topliss-reactive ketones (excluding diaryl/α,β-unsaturated/α-hetero) is 1. The molecule has 0 aromatic heterocycles. The lowest BCUT2D eigenvalue weighted by Gasteiger charge is -2.26. The van der Waals surface area contributed by atoms with Gasteiger partial charge in [-0.15, -0.1) is 12.4 Å². The molecule has 0 amide bonds. The zero-order valence-electron chi connectivity index (χ0n) is 16.5. The minimum Gasteiger partial charge on any atom is -0.455 e. The highest BCUT2D eigenvalue weighted by Crippen LogP contribution is 2.29. The van der Waals surface area contributed by atoms with Crippen LogP contribution in [0.25, 0.3) is 0 Å². The van der Waals surface area contributed by atoms with Gasteiger partial charge in [0.2, 0.25) is 0 Å². The van der Waals surface area contributed by atoms with Crippen LogP contribution >= 0.6 is 12.4 Å². The Hall–Kier alpha value is -1.92. The topological polar surface area (TPSA) is 95.7 Å². The van der Waals surface area contributed by atoms with E-state index in [-0.39, 0.29) is 36.5 Å². The van der Waals surface area contributed by atoms with Crippen LogP contribution in [0.5, 0.6) is 5.75 Å². The maximum atomic E-state index is 12.3. The predicted molar refractivity (Wildman–Crippen MR) is 108 cm³/mol. The summed E-state index contributed by atoms with van der Waals surface area (Å²) in [6.45, 7) is 3.64. The zero-order valence-corrected chi connectivity index (χ0v) is 17.3. The highest BCUT2D eigenvalue weighted by atomic mass is 35.5. The SMILES string of the molecule is CC(=O)C(C)OC(=O)CCc1ccc(OC(=O)C2CCC(CN)CC2)cc1.Cl. The Labute approximate surface area is 172 Å². The largest absolute Gasteiger partial charge is 0.455 e. The Bertz CT molecular complexity index is 653. The van der Waals surface area contributed by atoms with Crippen molar-refractivity contribution in [2.24, 2.45) is 17.6 Å². The van der Waals surface area contributed by atoms with E-state index >= 15 is 0 Å². The Balaban J connectivity index is 0.00000392. The lowest BCUT2D eigenvalue weighted by atomic mass is 9.82. The molecule has 1 atom stereocenters. The van der Waals surface area contributed by atoms with Gasteiger partial charge in [0.25, 0.3) is 0 Å². The Kier molecular flexibility index (Phi) is 10.2. The van der Waals surface area contributed by atoms with Gasteiger partial charge in [0, 0.05) is 6.42 Å². The van der Waals surface area contributed by atoms with E-state index in [0.717, 1.165) is 31.2 Å². The molecule has 6 nitrogen and oxygen atoms in total. The average molecular weight is 412 g/mol. The molecule has 1 aromatic rings. The quantitative estimate of drug-likeness (QED) is 0.521. The van der Waals surface area contributed by atoms with Crippen molar-refractivity contribution in [1.82, 2.24) is 0 Å². The monoisotopic (exact) mass is 411 g/mol. The minimum atomic E-state index is -0.709. The second-order valence-corrected chi connectivity index (χ2v) is 7.26. The van der Waals surface area contributed by atoms with Crippen molar-refractivity contribution >= 4 is 30.1 Å². The predicted octanol–water partition coefficient (Wildman–Crippen LogP) is 3.23. The van der Waals surface area contributed by atoms with Crippen LogP contribution in [0.4, 0.5) is 0 Å². The van der Waals surface area contributed by atoms with Crippen molar-refractivity contribution in [3.63, 3.8) is 0 Å². The lowest BCUT2D eigenvalue weighted by Crippen LogP contribution is -2.28. The number of carbonyl (C=O) groups excluding carboxylic acids is 3. The number of hydrogen-bond donors (Lipinski definition) is 1. The summed E-state index contributed by atoms with van der Waals surface area (Å²) in [6.07, 6.45) is 3.61. The molecule has 2 rings (SSSR count). The molecule has 0 radical (unpaired) electrons. The van der Waals surface area contributed by atoms with Crippen LogP contribution in [-0.2, 0) is 25.5 Å². The summed E-state index contributed by atoms with van der Waals surface area (Å²) in [5.41, 5.74) is 6.62. The average Bonchev–Trinajstić information content (AvgIpc) is 2.67. The number of benzene rings is 1. The number of halogens is 1. The van der Waals surface area contributed by atoms with Gasteiger partial charge >= 0.3 is 11.9 Å². The van der Waals surface area contributed by atoms with E-state index in [4.69, 9.17) is 15.2 Å². The smallest absolute Gasteiger partial charge is 0.314 e. The van der Waals surface area contributed by atoms with Crippen LogP contribution in [0.3, 0.4) is 0 Å². The molecule has 1 aliphatic carbocycles. The molecule has 1 fully saturated rings. The molecule has 28 heavy (non-hydrogen) atoms. The highest BCUT2D eigenvalue weighted by molar-refractivity contribution is 5.85. The minimum absolute atomic E-state index is 0. The summed E-state index contributed by atoms with van der Waals surface area (Å²) in [6, 6.07) is 7.13. The first kappa shape index (κ1) is 24.1. The van der Waals surface area contributed by atoms with E-state index in [1.165, 1.54) is 6.92 Å². The first-order valence-corrected chi connectivity index (χ1v) is 9.59. The van der Waals surface area contributed by atoms with Crippen LogP contribution in [0.1, 0.15) is 51.5 Å². The van der Waals surface area contributed by atoms with Gasteiger partial charge in [0.15, 0.2) is 11.9 Å². The first-order chi connectivity index (χ1) is 12.9. The maximum absolute atomic E-state index is 12.3. The summed E-state index contributed by atoms with van der Waals surface area (Å²) in [5.74, 6) is 0.230. The van der Waals surface area contributed by atoms with Crippen molar-refractivity contribution in [2.45, 2.75) is 58.5 Å². The molecular weight excluding hydrogens is 382 g/mol. The third-order valence-electron chi connectivity index (χ3n) is 5.15. The first-order valence-electron chi connectivity index (χ1n) is 9.59. The van der Waals surface area contributed by atoms with Gasteiger partial charge in [-0.05, 0) is 76.1 Å². The fraction of sp³-hybridized carbons (Fsp3) is 0.571. The molecule has 0 heterocycles. The number of hydrogen-bond acceptors (Lipinski definition) is 6. The Morgan fingerprint density at radius 1 is 1.11 bits per heavy atom. The number of ketones is 1. The molecule has 0 saturated heterocycles. The Morgan fingerprint density at radius 2 is 1.71 bits per heavy atom. The fourth-order valence-electron chi connectivity index (χ4n) is 3.14. The molecule has 7 heteroatoms. The summed E-state index contributed by atoms with van der Waals surface area (Å²) >= 11 is 0. The summed E-state index contributed by atoms with van der Waals surface area (Å²) in [7, 11) is 0. The van der Waals surface area contributed by atoms with Gasteiger partial charge < -0.3 is 15.2 Å². The molecule has 1 aliphatic rings. The molecule has 0 bridgehead atoms. The molecule has 0 aliphatic heterocycles. The van der Waals surface area contributed by atoms with Gasteiger partial charge in [-0.2, -0.15) is 0 Å². The molecule has 2 N–H and O–H groups in total. The van der Waals surface area contributed by atoms with E-state index in [1.807, 2.05) is 12.1 Å². The van der Waals surface area contributed by atoms with Crippen molar-refractivity contribution in [2.75, 3.05) is 6.54 Å². The van der Waals surface area contributed by atoms with Crippen LogP contribution in [0, 0.1) is 11.8 Å². The van der Waals surface area contributed by atoms with E-state index in [9.17, 15) is 14.4 Å². The van der Waals surface area contributed by atoms with Gasteiger partial charge in [0.05, 0.1) is 5.92 Å². The van der Waals surface area contributed by atoms with Gasteiger partial charge in [-0.3, -0.25) is 14.4 Å². The summed E-state index contributed by atoms with van der Waals surface area (Å²) in [5, 5.41) is 0. The van der Waals surface area contributed by atoms with Crippen LogP contribution in [0.15, 0.2) is 24.3 Å². The van der Waals surface area contributed by atoms with Gasteiger partial charge in [-0.25, -0.2) is 0 Å². The molecule has 1 aromatic carbocycles. The summed E-state index contributed by atoms with van der Waals surface area (Å²) < 4.78 is 10.5. The highest BCUT2D eigenvalue weighted by Gasteiger charge is 2.27. The second-order valence-electron chi connectivity index (χ2n) is 7.26. The molecule has 156 valence electrons. The maximum Gasteiger partial charge on any atom is 0.314 e. The fourth-order valence-corrected chi connectivity index (χ4v) is 3.14. The number of rotatable bonds is 8.